The van der Waals surface area contributed by atoms with Crippen LogP contribution in [0.15, 0.2) is 48.5 Å². The van der Waals surface area contributed by atoms with Crippen LogP contribution in [-0.4, -0.2) is 37.3 Å². The van der Waals surface area contributed by atoms with E-state index in [2.05, 4.69) is 5.32 Å². The Bertz CT molecular complexity index is 914. The number of amides is 2. The minimum Gasteiger partial charge on any atom is -0.366 e. The van der Waals surface area contributed by atoms with Crippen LogP contribution in [0.25, 0.3) is 0 Å². The summed E-state index contributed by atoms with van der Waals surface area (Å²) >= 11 is 0. The Hall–Kier alpha value is -2.78. The highest BCUT2D eigenvalue weighted by molar-refractivity contribution is 7.88. The van der Waals surface area contributed by atoms with Gasteiger partial charge in [0.1, 0.15) is 5.82 Å². The molecule has 2 rings (SSSR count). The third-order valence-corrected chi connectivity index (χ3v) is 4.74. The Labute approximate surface area is 150 Å². The quantitative estimate of drug-likeness (QED) is 0.756. The number of nitrogens with one attached hydrogen (secondary N) is 1. The molecule has 2 aromatic rings. The van der Waals surface area contributed by atoms with Gasteiger partial charge in [-0.3, -0.25) is 9.59 Å². The van der Waals surface area contributed by atoms with Crippen molar-refractivity contribution < 1.29 is 22.4 Å². The van der Waals surface area contributed by atoms with Crippen LogP contribution in [0.5, 0.6) is 0 Å². The summed E-state index contributed by atoms with van der Waals surface area (Å²) in [5.74, 6) is -1.75. The van der Waals surface area contributed by atoms with E-state index in [9.17, 15) is 22.4 Å². The van der Waals surface area contributed by atoms with Crippen LogP contribution in [0.4, 0.5) is 10.1 Å². The average Bonchev–Trinajstić information content (AvgIpc) is 2.55. The highest BCUT2D eigenvalue weighted by Crippen LogP contribution is 2.13. The molecule has 3 N–H and O–H groups in total. The second kappa shape index (κ2) is 8.07. The van der Waals surface area contributed by atoms with Crippen molar-refractivity contribution in [3.8, 4) is 0 Å². The van der Waals surface area contributed by atoms with Gasteiger partial charge < -0.3 is 11.1 Å². The van der Waals surface area contributed by atoms with Crippen molar-refractivity contribution in [3.05, 3.63) is 65.5 Å². The van der Waals surface area contributed by atoms with E-state index in [0.29, 0.717) is 5.69 Å². The summed E-state index contributed by atoms with van der Waals surface area (Å²) in [5.41, 5.74) is 5.95. The van der Waals surface area contributed by atoms with E-state index in [-0.39, 0.29) is 17.7 Å². The largest absolute Gasteiger partial charge is 0.366 e. The lowest BCUT2D eigenvalue weighted by Gasteiger charge is -2.20. The highest BCUT2D eigenvalue weighted by atomic mass is 32.2. The summed E-state index contributed by atoms with van der Waals surface area (Å²) < 4.78 is 38.5. The van der Waals surface area contributed by atoms with E-state index in [1.807, 2.05) is 0 Å². The van der Waals surface area contributed by atoms with Gasteiger partial charge in [0.15, 0.2) is 0 Å². The standard InChI is InChI=1S/C17H18FN3O4S/c1-26(24,25)21(10-13-4-2-3-5-15(13)18)11-16(22)20-14-8-6-12(7-9-14)17(19)23/h2-9H,10-11H2,1H3,(H2,19,23)(H,20,22). The molecular formula is C17H18FN3O4S. The predicted molar refractivity (Wildman–Crippen MR) is 95.2 cm³/mol. The van der Waals surface area contributed by atoms with Gasteiger partial charge in [0.2, 0.25) is 21.8 Å². The number of rotatable bonds is 7. The molecule has 2 amide bonds. The smallest absolute Gasteiger partial charge is 0.248 e. The maximum absolute atomic E-state index is 13.8. The van der Waals surface area contributed by atoms with Crippen LogP contribution in [0.3, 0.4) is 0 Å². The Kier molecular flexibility index (Phi) is 6.06. The molecule has 0 spiro atoms. The Morgan fingerprint density at radius 2 is 1.73 bits per heavy atom. The molecule has 0 bridgehead atoms. The number of carbonyl (C=O) groups excluding carboxylic acids is 2. The Balaban J connectivity index is 2.09. The first-order chi connectivity index (χ1) is 12.2. The van der Waals surface area contributed by atoms with Gasteiger partial charge in [-0.1, -0.05) is 18.2 Å². The van der Waals surface area contributed by atoms with Crippen LogP contribution in [0.2, 0.25) is 0 Å². The Morgan fingerprint density at radius 3 is 2.27 bits per heavy atom. The molecule has 0 aliphatic heterocycles. The molecule has 0 aromatic heterocycles. The number of anilines is 1. The number of hydrogen-bond donors (Lipinski definition) is 2. The minimum absolute atomic E-state index is 0.163. The average molecular weight is 379 g/mol. The van der Waals surface area contributed by atoms with E-state index in [0.717, 1.165) is 10.6 Å². The van der Waals surface area contributed by atoms with Gasteiger partial charge in [-0.05, 0) is 30.3 Å². The fourth-order valence-corrected chi connectivity index (χ4v) is 2.91. The van der Waals surface area contributed by atoms with Crippen molar-refractivity contribution >= 4 is 27.5 Å². The topological polar surface area (TPSA) is 110 Å². The normalized spacial score (nSPS) is 11.3. The fraction of sp³-hybridized carbons (Fsp3) is 0.176. The maximum atomic E-state index is 13.8. The first-order valence-corrected chi connectivity index (χ1v) is 9.40. The molecule has 138 valence electrons. The number of benzene rings is 2. The fourth-order valence-electron chi connectivity index (χ4n) is 2.19. The van der Waals surface area contributed by atoms with Gasteiger partial charge in [-0.15, -0.1) is 0 Å². The highest BCUT2D eigenvalue weighted by Gasteiger charge is 2.21. The summed E-state index contributed by atoms with van der Waals surface area (Å²) in [6.45, 7) is -0.746. The number of hydrogen-bond acceptors (Lipinski definition) is 4. The molecule has 0 aliphatic rings. The molecule has 2 aromatic carbocycles. The molecule has 7 nitrogen and oxygen atoms in total. The SMILES string of the molecule is CS(=O)(=O)N(CC(=O)Nc1ccc(C(N)=O)cc1)Cc1ccccc1F. The molecule has 0 saturated heterocycles. The van der Waals surface area contributed by atoms with Crippen molar-refractivity contribution in [3.63, 3.8) is 0 Å². The summed E-state index contributed by atoms with van der Waals surface area (Å²) in [6.07, 6.45) is 0.947. The van der Waals surface area contributed by atoms with Gasteiger partial charge in [0, 0.05) is 23.4 Å². The molecule has 9 heteroatoms. The van der Waals surface area contributed by atoms with E-state index < -0.39 is 34.2 Å². The van der Waals surface area contributed by atoms with Gasteiger partial charge >= 0.3 is 0 Å². The van der Waals surface area contributed by atoms with Crippen molar-refractivity contribution in [1.29, 1.82) is 0 Å². The molecule has 0 radical (unpaired) electrons. The Morgan fingerprint density at radius 1 is 1.12 bits per heavy atom. The summed E-state index contributed by atoms with van der Waals surface area (Å²) in [6, 6.07) is 11.6. The number of primary amides is 1. The zero-order valence-corrected chi connectivity index (χ0v) is 14.8. The zero-order valence-electron chi connectivity index (χ0n) is 14.0. The molecule has 0 aliphatic carbocycles. The van der Waals surface area contributed by atoms with Crippen molar-refractivity contribution in [2.75, 3.05) is 18.1 Å². The third-order valence-electron chi connectivity index (χ3n) is 3.55. The van der Waals surface area contributed by atoms with E-state index in [1.165, 1.54) is 42.5 Å². The van der Waals surface area contributed by atoms with Crippen LogP contribution >= 0.6 is 0 Å². The molecule has 0 heterocycles. The van der Waals surface area contributed by atoms with E-state index >= 15 is 0 Å². The van der Waals surface area contributed by atoms with E-state index in [4.69, 9.17) is 5.73 Å². The van der Waals surface area contributed by atoms with Gasteiger partial charge in [0.25, 0.3) is 0 Å². The summed E-state index contributed by atoms with van der Waals surface area (Å²) in [4.78, 5) is 23.2. The number of sulfonamides is 1. The van der Waals surface area contributed by atoms with Gasteiger partial charge in [-0.25, -0.2) is 12.8 Å². The van der Waals surface area contributed by atoms with E-state index in [1.54, 1.807) is 6.07 Å². The lowest BCUT2D eigenvalue weighted by molar-refractivity contribution is -0.116. The molecule has 26 heavy (non-hydrogen) atoms. The second-order valence-electron chi connectivity index (χ2n) is 5.61. The van der Waals surface area contributed by atoms with Crippen LogP contribution in [-0.2, 0) is 21.4 Å². The van der Waals surface area contributed by atoms with Crippen molar-refractivity contribution in [2.45, 2.75) is 6.54 Å². The third kappa shape index (κ3) is 5.36. The van der Waals surface area contributed by atoms with Gasteiger partial charge in [0.05, 0.1) is 12.8 Å². The summed E-state index contributed by atoms with van der Waals surface area (Å²) in [5, 5.41) is 2.52. The van der Waals surface area contributed by atoms with Crippen molar-refractivity contribution in [2.24, 2.45) is 5.73 Å². The number of nitrogens with two attached hydrogens (primary N) is 1. The zero-order chi connectivity index (χ0) is 19.3. The number of nitrogens with zero attached hydrogens (tertiary/aromatic N) is 1. The van der Waals surface area contributed by atoms with Crippen LogP contribution < -0.4 is 11.1 Å². The lowest BCUT2D eigenvalue weighted by Crippen LogP contribution is -2.37. The second-order valence-corrected chi connectivity index (χ2v) is 7.59. The minimum atomic E-state index is -3.74. The van der Waals surface area contributed by atoms with Crippen LogP contribution in [0, 0.1) is 5.82 Å². The number of carbonyl (C=O) groups is 2. The first-order valence-electron chi connectivity index (χ1n) is 7.55. The molecule has 0 saturated carbocycles. The molecule has 0 unspecified atom stereocenters. The monoisotopic (exact) mass is 379 g/mol. The number of halogens is 1. The summed E-state index contributed by atoms with van der Waals surface area (Å²) in [7, 11) is -3.74. The predicted octanol–water partition coefficient (Wildman–Crippen LogP) is 1.32. The van der Waals surface area contributed by atoms with Crippen molar-refractivity contribution in [1.82, 2.24) is 4.31 Å². The maximum Gasteiger partial charge on any atom is 0.248 e. The molecule has 0 fully saturated rings. The molecular weight excluding hydrogens is 361 g/mol. The van der Waals surface area contributed by atoms with Gasteiger partial charge in [-0.2, -0.15) is 4.31 Å². The molecule has 0 atom stereocenters. The van der Waals surface area contributed by atoms with Crippen LogP contribution in [0.1, 0.15) is 15.9 Å². The first kappa shape index (κ1) is 19.5. The lowest BCUT2D eigenvalue weighted by atomic mass is 10.2.